The topological polar surface area (TPSA) is 122 Å². The second-order valence-electron chi connectivity index (χ2n) is 8.06. The van der Waals surface area contributed by atoms with Crippen molar-refractivity contribution in [1.29, 1.82) is 0 Å². The molecular formula is C23H26N8O3. The predicted molar refractivity (Wildman–Crippen MR) is 125 cm³/mol. The normalized spacial score (nSPS) is 11.1. The van der Waals surface area contributed by atoms with E-state index >= 15 is 0 Å². The lowest BCUT2D eigenvalue weighted by molar-refractivity contribution is 0.102. The number of ether oxygens (including phenoxy) is 2. The number of amides is 1. The van der Waals surface area contributed by atoms with Gasteiger partial charge in [0.15, 0.2) is 5.82 Å². The van der Waals surface area contributed by atoms with E-state index in [0.717, 1.165) is 0 Å². The summed E-state index contributed by atoms with van der Waals surface area (Å²) >= 11 is 0. The van der Waals surface area contributed by atoms with Gasteiger partial charge >= 0.3 is 0 Å². The van der Waals surface area contributed by atoms with E-state index < -0.39 is 5.91 Å². The van der Waals surface area contributed by atoms with Crippen LogP contribution in [0.15, 0.2) is 49.2 Å². The summed E-state index contributed by atoms with van der Waals surface area (Å²) < 4.78 is 14.5. The second-order valence-corrected chi connectivity index (χ2v) is 8.06. The molecule has 4 heterocycles. The molecule has 0 aliphatic heterocycles. The Balaban J connectivity index is 1.59. The van der Waals surface area contributed by atoms with Gasteiger partial charge in [-0.2, -0.15) is 0 Å². The molecule has 1 N–H and O–H groups in total. The van der Waals surface area contributed by atoms with E-state index in [4.69, 9.17) is 9.47 Å². The zero-order valence-electron chi connectivity index (χ0n) is 19.6. The summed E-state index contributed by atoms with van der Waals surface area (Å²) in [6.07, 6.45) is 6.47. The van der Waals surface area contributed by atoms with Crippen LogP contribution in [0.25, 0.3) is 17.2 Å². The number of nitrogens with zero attached hydrogens (tertiary/aromatic N) is 7. The monoisotopic (exact) mass is 462 g/mol. The Hall–Kier alpha value is -4.28. The standard InChI is InChI=1S/C23H26N8O3/c1-14(2)30-13-25-28-21(30)19-7-6-8-20(26-19)27-22(32)18-12-31(29-23(18)33-5)16-9-17(11-24-10-16)34-15(3)4/h6-15H,1-5H3,(H,26,27,32). The smallest absolute Gasteiger partial charge is 0.263 e. The number of pyridine rings is 2. The fourth-order valence-corrected chi connectivity index (χ4v) is 3.28. The molecule has 0 fully saturated rings. The van der Waals surface area contributed by atoms with Crippen molar-refractivity contribution in [3.05, 3.63) is 54.7 Å². The van der Waals surface area contributed by atoms with Gasteiger partial charge in [0.05, 0.1) is 31.3 Å². The summed E-state index contributed by atoms with van der Waals surface area (Å²) in [4.78, 5) is 21.8. The molecule has 0 unspecified atom stereocenters. The first kappa shape index (κ1) is 22.9. The molecule has 0 aliphatic carbocycles. The molecule has 34 heavy (non-hydrogen) atoms. The first-order valence-electron chi connectivity index (χ1n) is 10.8. The lowest BCUT2D eigenvalue weighted by Crippen LogP contribution is -2.14. The number of methoxy groups -OCH3 is 1. The largest absolute Gasteiger partial charge is 0.489 e. The third-order valence-corrected chi connectivity index (χ3v) is 4.80. The first-order chi connectivity index (χ1) is 16.4. The maximum absolute atomic E-state index is 13.1. The van der Waals surface area contributed by atoms with Gasteiger partial charge < -0.3 is 19.4 Å². The quantitative estimate of drug-likeness (QED) is 0.422. The molecule has 0 bridgehead atoms. The number of carbonyl (C=O) groups excluding carboxylic acids is 1. The van der Waals surface area contributed by atoms with E-state index in [1.54, 1.807) is 43.1 Å². The van der Waals surface area contributed by atoms with Gasteiger partial charge in [-0.05, 0) is 39.8 Å². The van der Waals surface area contributed by atoms with Crippen molar-refractivity contribution >= 4 is 11.7 Å². The van der Waals surface area contributed by atoms with Gasteiger partial charge in [0.25, 0.3) is 5.91 Å². The lowest BCUT2D eigenvalue weighted by Gasteiger charge is -2.10. The summed E-state index contributed by atoms with van der Waals surface area (Å²) in [5.74, 6) is 1.34. The summed E-state index contributed by atoms with van der Waals surface area (Å²) in [5.41, 5.74) is 1.47. The Morgan fingerprint density at radius 1 is 1.15 bits per heavy atom. The molecule has 0 aromatic carbocycles. The highest BCUT2D eigenvalue weighted by Crippen LogP contribution is 2.23. The number of hydrogen-bond acceptors (Lipinski definition) is 8. The molecule has 4 aromatic rings. The number of carbonyl (C=O) groups is 1. The summed E-state index contributed by atoms with van der Waals surface area (Å²) in [6.45, 7) is 7.93. The van der Waals surface area contributed by atoms with Crippen LogP contribution in [0.3, 0.4) is 0 Å². The molecule has 0 spiro atoms. The Morgan fingerprint density at radius 3 is 2.71 bits per heavy atom. The third-order valence-electron chi connectivity index (χ3n) is 4.80. The SMILES string of the molecule is COc1nn(-c2cncc(OC(C)C)c2)cc1C(=O)Nc1cccc(-c2nncn2C(C)C)n1. The Morgan fingerprint density at radius 2 is 1.97 bits per heavy atom. The van der Waals surface area contributed by atoms with Crippen LogP contribution in [-0.2, 0) is 0 Å². The Labute approximate surface area is 196 Å². The summed E-state index contributed by atoms with van der Waals surface area (Å²) in [5, 5.41) is 15.3. The van der Waals surface area contributed by atoms with E-state index in [1.807, 2.05) is 38.3 Å². The van der Waals surface area contributed by atoms with Crippen LogP contribution < -0.4 is 14.8 Å². The van der Waals surface area contributed by atoms with Crippen molar-refractivity contribution in [1.82, 2.24) is 34.5 Å². The average Bonchev–Trinajstić information content (AvgIpc) is 3.47. The summed E-state index contributed by atoms with van der Waals surface area (Å²) in [6, 6.07) is 7.27. The molecule has 0 saturated carbocycles. The van der Waals surface area contributed by atoms with E-state index in [2.05, 4.69) is 30.6 Å². The fraction of sp³-hybridized carbons (Fsp3) is 0.304. The molecule has 0 aliphatic rings. The van der Waals surface area contributed by atoms with Crippen LogP contribution in [0.5, 0.6) is 11.6 Å². The molecule has 11 heteroatoms. The van der Waals surface area contributed by atoms with Crippen molar-refractivity contribution < 1.29 is 14.3 Å². The highest BCUT2D eigenvalue weighted by atomic mass is 16.5. The molecular weight excluding hydrogens is 436 g/mol. The van der Waals surface area contributed by atoms with Gasteiger partial charge in [-0.3, -0.25) is 9.78 Å². The Bertz CT molecular complexity index is 1290. The van der Waals surface area contributed by atoms with E-state index in [1.165, 1.54) is 11.8 Å². The number of rotatable bonds is 8. The minimum Gasteiger partial charge on any atom is -0.489 e. The molecule has 176 valence electrons. The van der Waals surface area contributed by atoms with Gasteiger partial charge in [0.1, 0.15) is 29.2 Å². The van der Waals surface area contributed by atoms with Crippen molar-refractivity contribution in [3.63, 3.8) is 0 Å². The van der Waals surface area contributed by atoms with Crippen LogP contribution in [0.2, 0.25) is 0 Å². The van der Waals surface area contributed by atoms with Gasteiger partial charge in [-0.15, -0.1) is 15.3 Å². The predicted octanol–water partition coefficient (Wildman–Crippen LogP) is 3.55. The molecule has 1 amide bonds. The van der Waals surface area contributed by atoms with Crippen LogP contribution >= 0.6 is 0 Å². The number of hydrogen-bond donors (Lipinski definition) is 1. The first-order valence-corrected chi connectivity index (χ1v) is 10.8. The molecule has 0 saturated heterocycles. The average molecular weight is 463 g/mol. The van der Waals surface area contributed by atoms with Crippen LogP contribution in [-0.4, -0.2) is 53.6 Å². The highest BCUT2D eigenvalue weighted by Gasteiger charge is 2.20. The van der Waals surface area contributed by atoms with Crippen molar-refractivity contribution in [2.24, 2.45) is 0 Å². The maximum atomic E-state index is 13.1. The Kier molecular flexibility index (Phi) is 6.53. The van der Waals surface area contributed by atoms with Gasteiger partial charge in [0, 0.05) is 18.3 Å². The van der Waals surface area contributed by atoms with Crippen LogP contribution in [0, 0.1) is 0 Å². The van der Waals surface area contributed by atoms with E-state index in [-0.39, 0.29) is 23.6 Å². The van der Waals surface area contributed by atoms with E-state index in [0.29, 0.717) is 28.8 Å². The van der Waals surface area contributed by atoms with Crippen molar-refractivity contribution in [3.8, 4) is 28.8 Å². The molecule has 4 rings (SSSR count). The highest BCUT2D eigenvalue weighted by molar-refractivity contribution is 6.05. The third kappa shape index (κ3) is 4.87. The zero-order chi connectivity index (χ0) is 24.2. The number of aromatic nitrogens is 7. The molecule has 0 atom stereocenters. The van der Waals surface area contributed by atoms with Gasteiger partial charge in [-0.25, -0.2) is 9.67 Å². The van der Waals surface area contributed by atoms with E-state index in [9.17, 15) is 4.79 Å². The van der Waals surface area contributed by atoms with Gasteiger partial charge in [0.2, 0.25) is 5.88 Å². The molecule has 11 nitrogen and oxygen atoms in total. The number of anilines is 1. The fourth-order valence-electron chi connectivity index (χ4n) is 3.28. The molecule has 0 radical (unpaired) electrons. The summed E-state index contributed by atoms with van der Waals surface area (Å²) in [7, 11) is 1.46. The lowest BCUT2D eigenvalue weighted by atomic mass is 10.3. The zero-order valence-corrected chi connectivity index (χ0v) is 19.6. The minimum atomic E-state index is -0.416. The number of nitrogens with one attached hydrogen (secondary N) is 1. The minimum absolute atomic E-state index is 0.00295. The maximum Gasteiger partial charge on any atom is 0.263 e. The van der Waals surface area contributed by atoms with Gasteiger partial charge in [-0.1, -0.05) is 6.07 Å². The molecule has 4 aromatic heterocycles. The van der Waals surface area contributed by atoms with Crippen LogP contribution in [0.4, 0.5) is 5.82 Å². The van der Waals surface area contributed by atoms with Crippen molar-refractivity contribution in [2.75, 3.05) is 12.4 Å². The van der Waals surface area contributed by atoms with Crippen molar-refractivity contribution in [2.45, 2.75) is 39.8 Å². The van der Waals surface area contributed by atoms with Crippen LogP contribution in [0.1, 0.15) is 44.1 Å². The second kappa shape index (κ2) is 9.69.